The molecule has 0 saturated carbocycles. The van der Waals surface area contributed by atoms with Crippen LogP contribution in [0, 0.1) is 0 Å². The largest absolute Gasteiger partial charge is 0.309 e. The van der Waals surface area contributed by atoms with Crippen molar-refractivity contribution in [2.45, 2.75) is 12.8 Å². The molecule has 0 unspecified atom stereocenters. The Morgan fingerprint density at radius 1 is 0.250 bits per heavy atom. The Bertz CT molecular complexity index is 4640. The van der Waals surface area contributed by atoms with Gasteiger partial charge in [0.05, 0.1) is 22.8 Å². The Balaban J connectivity index is 0.990. The van der Waals surface area contributed by atoms with E-state index in [2.05, 4.69) is 312 Å². The molecule has 0 atom stereocenters. The molecule has 15 rings (SSSR count). The van der Waals surface area contributed by atoms with Crippen LogP contribution in [0.4, 0.5) is 0 Å². The molecule has 1 aliphatic rings. The number of nitrogens with zero attached hydrogens (tertiary/aromatic N) is 2. The molecule has 0 bridgehead atoms. The Morgan fingerprint density at radius 2 is 0.613 bits per heavy atom. The van der Waals surface area contributed by atoms with E-state index in [-0.39, 0.29) is 0 Å². The highest BCUT2D eigenvalue weighted by Crippen LogP contribution is 2.52. The van der Waals surface area contributed by atoms with Gasteiger partial charge in [0.15, 0.2) is 0 Å². The average Bonchev–Trinajstić information content (AvgIpc) is 4.12. The van der Waals surface area contributed by atoms with E-state index in [1.54, 1.807) is 0 Å². The van der Waals surface area contributed by atoms with Crippen molar-refractivity contribution in [3.8, 4) is 89.7 Å². The summed E-state index contributed by atoms with van der Waals surface area (Å²) in [5, 5.41) is 9.77. The van der Waals surface area contributed by atoms with Crippen molar-refractivity contribution in [1.29, 1.82) is 0 Å². The molecule has 0 radical (unpaired) electrons. The average molecular weight is 1020 g/mol. The molecule has 0 N–H and O–H groups in total. The van der Waals surface area contributed by atoms with Gasteiger partial charge in [0.1, 0.15) is 0 Å². The molecular weight excluding hydrogens is 965 g/mol. The van der Waals surface area contributed by atoms with E-state index in [1.807, 2.05) is 0 Å². The minimum absolute atomic E-state index is 1.04. The summed E-state index contributed by atoms with van der Waals surface area (Å²) in [6.45, 7) is 0. The molecule has 12 aromatic carbocycles. The van der Waals surface area contributed by atoms with E-state index in [9.17, 15) is 0 Å². The second-order valence-electron chi connectivity index (χ2n) is 21.0. The molecule has 2 heteroatoms. The molecule has 2 nitrogen and oxygen atoms in total. The zero-order valence-corrected chi connectivity index (χ0v) is 44.2. The topological polar surface area (TPSA) is 9.86 Å². The van der Waals surface area contributed by atoms with Crippen LogP contribution in [0.5, 0.6) is 0 Å². The minimum Gasteiger partial charge on any atom is -0.309 e. The minimum atomic E-state index is 1.04. The maximum Gasteiger partial charge on any atom is 0.0535 e. The summed E-state index contributed by atoms with van der Waals surface area (Å²) >= 11 is 0. The van der Waals surface area contributed by atoms with Crippen LogP contribution in [0.1, 0.15) is 18.5 Å². The van der Waals surface area contributed by atoms with Crippen molar-refractivity contribution >= 4 is 48.7 Å². The fourth-order valence-electron chi connectivity index (χ4n) is 12.8. The maximum absolute atomic E-state index is 2.44. The molecule has 0 spiro atoms. The molecular formula is C78H54N2. The van der Waals surface area contributed by atoms with Crippen LogP contribution < -0.4 is 0 Å². The van der Waals surface area contributed by atoms with Gasteiger partial charge in [0.25, 0.3) is 0 Å². The van der Waals surface area contributed by atoms with Gasteiger partial charge in [0, 0.05) is 11.4 Å². The van der Waals surface area contributed by atoms with E-state index < -0.39 is 0 Å². The van der Waals surface area contributed by atoms with Crippen LogP contribution in [0.15, 0.2) is 303 Å². The third-order valence-corrected chi connectivity index (χ3v) is 16.4. The first kappa shape index (κ1) is 47.0. The summed E-state index contributed by atoms with van der Waals surface area (Å²) in [5.41, 5.74) is 21.3. The number of hydrogen-bond acceptors (Lipinski definition) is 0. The third kappa shape index (κ3) is 8.03. The fourth-order valence-corrected chi connectivity index (χ4v) is 12.8. The van der Waals surface area contributed by atoms with E-state index in [0.717, 1.165) is 46.7 Å². The van der Waals surface area contributed by atoms with Gasteiger partial charge >= 0.3 is 0 Å². The predicted octanol–water partition coefficient (Wildman–Crippen LogP) is 21.3. The molecule has 376 valence electrons. The smallest absolute Gasteiger partial charge is 0.0535 e. The summed E-state index contributed by atoms with van der Waals surface area (Å²) in [4.78, 5) is 0. The Kier molecular flexibility index (Phi) is 11.7. The van der Waals surface area contributed by atoms with Crippen molar-refractivity contribution in [2.75, 3.05) is 0 Å². The summed E-state index contributed by atoms with van der Waals surface area (Å²) in [7, 11) is 0. The molecule has 0 saturated heterocycles. The monoisotopic (exact) mass is 1020 g/mol. The first-order chi connectivity index (χ1) is 39.7. The highest BCUT2D eigenvalue weighted by Gasteiger charge is 2.25. The van der Waals surface area contributed by atoms with Gasteiger partial charge in [-0.15, -0.1) is 0 Å². The zero-order valence-electron chi connectivity index (χ0n) is 44.2. The van der Waals surface area contributed by atoms with Gasteiger partial charge in [-0.2, -0.15) is 0 Å². The zero-order chi connectivity index (χ0) is 52.9. The molecule has 0 fully saturated rings. The lowest BCUT2D eigenvalue weighted by Crippen LogP contribution is -2.02. The van der Waals surface area contributed by atoms with E-state index >= 15 is 0 Å². The number of fused-ring (bicyclic) bond motifs is 4. The maximum atomic E-state index is 2.44. The number of benzene rings is 12. The van der Waals surface area contributed by atoms with Crippen LogP contribution in [0.2, 0.25) is 0 Å². The number of allylic oxidation sites excluding steroid dienone is 4. The second-order valence-corrected chi connectivity index (χ2v) is 21.0. The predicted molar refractivity (Wildman–Crippen MR) is 340 cm³/mol. The second kappa shape index (κ2) is 19.9. The Hall–Kier alpha value is -10.3. The quantitative estimate of drug-likeness (QED) is 0.121. The first-order valence-electron chi connectivity index (χ1n) is 27.9. The lowest BCUT2D eigenvalue weighted by atomic mass is 9.79. The van der Waals surface area contributed by atoms with E-state index in [4.69, 9.17) is 0 Å². The lowest BCUT2D eigenvalue weighted by Gasteiger charge is -2.24. The van der Waals surface area contributed by atoms with Crippen molar-refractivity contribution in [1.82, 2.24) is 9.13 Å². The number of rotatable bonds is 10. The lowest BCUT2D eigenvalue weighted by molar-refractivity contribution is 1.02. The Labute approximate surface area is 466 Å². The fraction of sp³-hybridized carbons (Fsp3) is 0.0256. The van der Waals surface area contributed by atoms with Gasteiger partial charge in [-0.05, 0) is 171 Å². The highest BCUT2D eigenvalue weighted by molar-refractivity contribution is 6.30. The van der Waals surface area contributed by atoms with Gasteiger partial charge in [-0.1, -0.05) is 255 Å². The summed E-state index contributed by atoms with van der Waals surface area (Å²) in [6.07, 6.45) is 9.08. The van der Waals surface area contributed by atoms with Crippen LogP contribution >= 0.6 is 0 Å². The third-order valence-electron chi connectivity index (χ3n) is 16.4. The highest BCUT2D eigenvalue weighted by atomic mass is 15.0. The molecule has 0 amide bonds. The van der Waals surface area contributed by atoms with Crippen molar-refractivity contribution in [3.05, 3.63) is 309 Å². The van der Waals surface area contributed by atoms with Crippen molar-refractivity contribution in [2.24, 2.45) is 0 Å². The SMILES string of the molecule is C1=CC(c2ccc(-c3ccccc3)n2-c2ccc(-c3cccc4c(-c5cccc6ccccc56)c5c(-c6ccc(-n7c(-c8ccccc8)ccc7-c7ccccc7)cc6)cccc5c(-c5cccc6ccccc56)c34)cc2)=CCC1. The molecule has 2 heterocycles. The Morgan fingerprint density at radius 3 is 1.05 bits per heavy atom. The standard InChI is InChI=1S/C78H54N2/c1-5-23-57(24-6-1)71-49-50-72(58-25-7-2-8-26-58)79(71)61-45-41-55(42-46-61)65-35-19-39-69-75(65)77(67-37-17-31-53-21-13-15-33-63(53)67)70-40-20-36-66(76(70)78(69)68-38-18-32-54-22-14-16-34-64(54)68)56-43-47-62(48-44-56)80-73(59-27-9-3-10-28-59)51-52-74(80)60-29-11-4-12-30-60/h1-3,5-11,13-52H,4,12H2. The van der Waals surface area contributed by atoms with Crippen molar-refractivity contribution < 1.29 is 0 Å². The summed E-state index contributed by atoms with van der Waals surface area (Å²) in [5.74, 6) is 0. The van der Waals surface area contributed by atoms with E-state index in [1.165, 1.54) is 110 Å². The van der Waals surface area contributed by atoms with Crippen molar-refractivity contribution in [3.63, 3.8) is 0 Å². The van der Waals surface area contributed by atoms with Crippen LogP contribution in [0.3, 0.4) is 0 Å². The van der Waals surface area contributed by atoms with Crippen LogP contribution in [-0.4, -0.2) is 9.13 Å². The molecule has 80 heavy (non-hydrogen) atoms. The first-order valence-corrected chi connectivity index (χ1v) is 27.9. The molecule has 1 aliphatic carbocycles. The van der Waals surface area contributed by atoms with Crippen LogP contribution in [0.25, 0.3) is 138 Å². The molecule has 14 aromatic rings. The van der Waals surface area contributed by atoms with Gasteiger partial charge in [0.2, 0.25) is 0 Å². The van der Waals surface area contributed by atoms with Gasteiger partial charge in [-0.3, -0.25) is 0 Å². The summed E-state index contributed by atoms with van der Waals surface area (Å²) < 4.78 is 4.85. The van der Waals surface area contributed by atoms with Gasteiger partial charge in [-0.25, -0.2) is 0 Å². The summed E-state index contributed by atoms with van der Waals surface area (Å²) in [6, 6.07) is 105. The number of hydrogen-bond donors (Lipinski definition) is 0. The molecule has 0 aliphatic heterocycles. The van der Waals surface area contributed by atoms with E-state index in [0.29, 0.717) is 0 Å². The number of aromatic nitrogens is 2. The van der Waals surface area contributed by atoms with Gasteiger partial charge < -0.3 is 9.13 Å². The molecule has 2 aromatic heterocycles. The normalized spacial score (nSPS) is 12.4. The van der Waals surface area contributed by atoms with Crippen LogP contribution in [-0.2, 0) is 0 Å².